The Morgan fingerprint density at radius 3 is 2.29 bits per heavy atom. The monoisotopic (exact) mass is 299 g/mol. The maximum Gasteiger partial charge on any atom is 0.243 e. The summed E-state index contributed by atoms with van der Waals surface area (Å²) in [6.45, 7) is 0. The maximum absolute atomic E-state index is 12.4. The molecule has 2 atom stereocenters. The maximum atomic E-state index is 12.4. The van der Waals surface area contributed by atoms with E-state index in [1.165, 1.54) is 5.56 Å². The van der Waals surface area contributed by atoms with Gasteiger partial charge in [0.05, 0.1) is 13.2 Å². The Hall–Kier alpha value is -1.94. The van der Waals surface area contributed by atoms with Crippen LogP contribution in [-0.4, -0.2) is 24.5 Å². The Morgan fingerprint density at radius 2 is 1.71 bits per heavy atom. The lowest BCUT2D eigenvalue weighted by Crippen LogP contribution is -2.57. The third-order valence-corrected chi connectivity index (χ3v) is 4.76. The number of benzene rings is 2. The molecule has 1 aliphatic heterocycles. The molecule has 1 saturated heterocycles. The molecule has 1 amide bonds. The number of carbonyl (C=O) groups excluding carboxylic acids is 1. The van der Waals surface area contributed by atoms with Gasteiger partial charge in [0.25, 0.3) is 0 Å². The molecule has 0 N–H and O–H groups in total. The fraction of sp³-hybridized carbons (Fsp3) is 0.235. The number of thioether (sulfide) groups is 1. The van der Waals surface area contributed by atoms with Crippen LogP contribution in [0.15, 0.2) is 54.6 Å². The first-order valence-corrected chi connectivity index (χ1v) is 8.10. The molecule has 2 aromatic carbocycles. The molecule has 0 bridgehead atoms. The zero-order valence-electron chi connectivity index (χ0n) is 12.0. The summed E-state index contributed by atoms with van der Waals surface area (Å²) in [5.74, 6) is 0.964. The molecule has 1 heterocycles. The summed E-state index contributed by atoms with van der Waals surface area (Å²) >= 11 is 1.61. The highest BCUT2D eigenvalue weighted by molar-refractivity contribution is 8.00. The van der Waals surface area contributed by atoms with Gasteiger partial charge >= 0.3 is 0 Å². The minimum Gasteiger partial charge on any atom is -0.497 e. The van der Waals surface area contributed by atoms with Gasteiger partial charge in [0, 0.05) is 5.69 Å². The Kier molecular flexibility index (Phi) is 3.88. The SMILES string of the molecule is COc1ccc(N2C(=O)[C@H](SC)[C@H]2c2ccccc2)cc1. The summed E-state index contributed by atoms with van der Waals surface area (Å²) in [7, 11) is 1.64. The highest BCUT2D eigenvalue weighted by atomic mass is 32.2. The van der Waals surface area contributed by atoms with Gasteiger partial charge in [-0.2, -0.15) is 0 Å². The molecule has 4 heteroatoms. The number of methoxy groups -OCH3 is 1. The molecule has 0 spiro atoms. The van der Waals surface area contributed by atoms with Crippen molar-refractivity contribution >= 4 is 23.4 Å². The lowest BCUT2D eigenvalue weighted by atomic mass is 9.92. The van der Waals surface area contributed by atoms with E-state index in [9.17, 15) is 4.79 Å². The summed E-state index contributed by atoms with van der Waals surface area (Å²) in [5, 5.41) is -0.00509. The van der Waals surface area contributed by atoms with E-state index in [1.807, 2.05) is 53.6 Å². The highest BCUT2D eigenvalue weighted by Crippen LogP contribution is 2.44. The van der Waals surface area contributed by atoms with Gasteiger partial charge in [0.15, 0.2) is 0 Å². The molecular formula is C17H17NO2S. The third-order valence-electron chi connectivity index (χ3n) is 3.79. The molecular weight excluding hydrogens is 282 g/mol. The molecule has 2 aromatic rings. The van der Waals surface area contributed by atoms with Crippen molar-refractivity contribution in [3.05, 3.63) is 60.2 Å². The number of hydrogen-bond acceptors (Lipinski definition) is 3. The smallest absolute Gasteiger partial charge is 0.243 e. The number of carbonyl (C=O) groups is 1. The van der Waals surface area contributed by atoms with Gasteiger partial charge < -0.3 is 9.64 Å². The van der Waals surface area contributed by atoms with Crippen molar-refractivity contribution in [3.63, 3.8) is 0 Å². The summed E-state index contributed by atoms with van der Waals surface area (Å²) in [6.07, 6.45) is 1.99. The van der Waals surface area contributed by atoms with Crippen LogP contribution in [0.4, 0.5) is 5.69 Å². The topological polar surface area (TPSA) is 29.5 Å². The predicted octanol–water partition coefficient (Wildman–Crippen LogP) is 3.51. The number of anilines is 1. The van der Waals surface area contributed by atoms with Gasteiger partial charge in [0.2, 0.25) is 5.91 Å². The van der Waals surface area contributed by atoms with Crippen molar-refractivity contribution in [1.82, 2.24) is 0 Å². The molecule has 0 aromatic heterocycles. The van der Waals surface area contributed by atoms with Gasteiger partial charge in [-0.15, -0.1) is 11.8 Å². The second-order valence-electron chi connectivity index (χ2n) is 4.92. The summed E-state index contributed by atoms with van der Waals surface area (Å²) in [5.41, 5.74) is 2.09. The quantitative estimate of drug-likeness (QED) is 0.809. The second-order valence-corrected chi connectivity index (χ2v) is 5.90. The number of β-lactam (4-membered cyclic amide) rings is 1. The molecule has 0 saturated carbocycles. The molecule has 108 valence electrons. The molecule has 0 unspecified atom stereocenters. The van der Waals surface area contributed by atoms with E-state index in [2.05, 4.69) is 12.1 Å². The average molecular weight is 299 g/mol. The van der Waals surface area contributed by atoms with Gasteiger partial charge in [-0.1, -0.05) is 30.3 Å². The van der Waals surface area contributed by atoms with Crippen LogP contribution in [0, 0.1) is 0 Å². The first kappa shape index (κ1) is 14.0. The minimum atomic E-state index is -0.00509. The van der Waals surface area contributed by atoms with E-state index in [1.54, 1.807) is 18.9 Å². The summed E-state index contributed by atoms with van der Waals surface area (Å²) in [4.78, 5) is 14.3. The van der Waals surface area contributed by atoms with E-state index in [-0.39, 0.29) is 17.2 Å². The number of amides is 1. The highest BCUT2D eigenvalue weighted by Gasteiger charge is 2.48. The van der Waals surface area contributed by atoms with Gasteiger partial charge in [0.1, 0.15) is 11.0 Å². The van der Waals surface area contributed by atoms with Crippen molar-refractivity contribution in [2.45, 2.75) is 11.3 Å². The van der Waals surface area contributed by atoms with Gasteiger partial charge in [-0.05, 0) is 36.1 Å². The van der Waals surface area contributed by atoms with Gasteiger partial charge in [-0.25, -0.2) is 0 Å². The van der Waals surface area contributed by atoms with Crippen LogP contribution in [0.3, 0.4) is 0 Å². The number of rotatable bonds is 4. The molecule has 3 rings (SSSR count). The fourth-order valence-corrected chi connectivity index (χ4v) is 3.55. The van der Waals surface area contributed by atoms with E-state index in [0.717, 1.165) is 11.4 Å². The largest absolute Gasteiger partial charge is 0.497 e. The summed E-state index contributed by atoms with van der Waals surface area (Å²) in [6, 6.07) is 17.9. The van der Waals surface area contributed by atoms with Crippen molar-refractivity contribution in [2.24, 2.45) is 0 Å². The van der Waals surface area contributed by atoms with Crippen LogP contribution in [0.1, 0.15) is 11.6 Å². The number of ether oxygens (including phenoxy) is 1. The van der Waals surface area contributed by atoms with Crippen molar-refractivity contribution < 1.29 is 9.53 Å². The Balaban J connectivity index is 1.94. The zero-order valence-corrected chi connectivity index (χ0v) is 12.8. The van der Waals surface area contributed by atoms with E-state index in [0.29, 0.717) is 0 Å². The standard InChI is InChI=1S/C17H17NO2S/c1-20-14-10-8-13(9-11-14)18-15(16(21-2)17(18)19)12-6-4-3-5-7-12/h3-11,15-16H,1-2H3/t15-,16-/m1/s1. The minimum absolute atomic E-state index is 0.00509. The second kappa shape index (κ2) is 5.82. The van der Waals surface area contributed by atoms with Gasteiger partial charge in [-0.3, -0.25) is 4.79 Å². The van der Waals surface area contributed by atoms with Crippen molar-refractivity contribution in [2.75, 3.05) is 18.3 Å². The molecule has 21 heavy (non-hydrogen) atoms. The summed E-state index contributed by atoms with van der Waals surface area (Å²) < 4.78 is 5.17. The van der Waals surface area contributed by atoms with Crippen LogP contribution in [0.25, 0.3) is 0 Å². The van der Waals surface area contributed by atoms with Crippen molar-refractivity contribution in [3.8, 4) is 5.75 Å². The number of hydrogen-bond donors (Lipinski definition) is 0. The average Bonchev–Trinajstić information content (AvgIpc) is 2.54. The molecule has 0 radical (unpaired) electrons. The molecule has 1 fully saturated rings. The van der Waals surface area contributed by atoms with E-state index in [4.69, 9.17) is 4.74 Å². The van der Waals surface area contributed by atoms with Crippen LogP contribution < -0.4 is 9.64 Å². The molecule has 0 aliphatic carbocycles. The normalized spacial score (nSPS) is 21.0. The van der Waals surface area contributed by atoms with E-state index < -0.39 is 0 Å². The fourth-order valence-electron chi connectivity index (χ4n) is 2.70. The molecule has 1 aliphatic rings. The molecule has 3 nitrogen and oxygen atoms in total. The Labute approximate surface area is 128 Å². The van der Waals surface area contributed by atoms with E-state index >= 15 is 0 Å². The third kappa shape index (κ3) is 2.40. The predicted molar refractivity (Wildman–Crippen MR) is 87.0 cm³/mol. The first-order valence-electron chi connectivity index (χ1n) is 6.81. The lowest BCUT2D eigenvalue weighted by molar-refractivity contribution is -0.123. The number of nitrogens with zero attached hydrogens (tertiary/aromatic N) is 1. The van der Waals surface area contributed by atoms with Crippen LogP contribution in [0.2, 0.25) is 0 Å². The Bertz CT molecular complexity index is 627. The first-order chi connectivity index (χ1) is 10.3. The van der Waals surface area contributed by atoms with Crippen LogP contribution in [0.5, 0.6) is 5.75 Å². The Morgan fingerprint density at radius 1 is 1.05 bits per heavy atom. The van der Waals surface area contributed by atoms with Crippen LogP contribution in [-0.2, 0) is 4.79 Å². The zero-order chi connectivity index (χ0) is 14.8. The van der Waals surface area contributed by atoms with Crippen LogP contribution >= 0.6 is 11.8 Å². The lowest BCUT2D eigenvalue weighted by Gasteiger charge is -2.46. The van der Waals surface area contributed by atoms with Crippen molar-refractivity contribution in [1.29, 1.82) is 0 Å².